The zero-order valence-electron chi connectivity index (χ0n) is 72.6. The van der Waals surface area contributed by atoms with Gasteiger partial charge >= 0.3 is 39.5 Å². The Morgan fingerprint density at radius 3 is 0.618 bits per heavy atom. The smallest absolute Gasteiger partial charge is 0.462 e. The largest absolute Gasteiger partial charge is 0.472 e. The topological polar surface area (TPSA) is 237 Å². The van der Waals surface area contributed by atoms with Gasteiger partial charge in [-0.2, -0.15) is 0 Å². The van der Waals surface area contributed by atoms with Crippen LogP contribution in [0, 0.1) is 11.8 Å². The van der Waals surface area contributed by atoms with E-state index in [-0.39, 0.29) is 25.7 Å². The van der Waals surface area contributed by atoms with Gasteiger partial charge in [-0.3, -0.25) is 37.3 Å². The van der Waals surface area contributed by atoms with Crippen LogP contribution in [0.4, 0.5) is 0 Å². The number of esters is 4. The maximum atomic E-state index is 13.2. The van der Waals surface area contributed by atoms with Crippen molar-refractivity contribution in [2.75, 3.05) is 39.6 Å². The van der Waals surface area contributed by atoms with Crippen LogP contribution in [0.2, 0.25) is 0 Å². The monoisotopic (exact) mass is 1610 g/mol. The second-order valence-electron chi connectivity index (χ2n) is 33.6. The summed E-state index contributed by atoms with van der Waals surface area (Å²) in [4.78, 5) is 73.4. The van der Waals surface area contributed by atoms with E-state index in [1.165, 1.54) is 308 Å². The summed E-state index contributed by atoms with van der Waals surface area (Å²) in [7, 11) is -9.94. The van der Waals surface area contributed by atoms with Crippen molar-refractivity contribution in [3.05, 3.63) is 0 Å². The number of ether oxygens (including phenoxy) is 4. The van der Waals surface area contributed by atoms with E-state index >= 15 is 0 Å². The molecule has 0 saturated heterocycles. The van der Waals surface area contributed by atoms with Crippen LogP contribution in [-0.4, -0.2) is 96.7 Å². The first-order valence-corrected chi connectivity index (χ1v) is 50.0. The third-order valence-corrected chi connectivity index (χ3v) is 23.4. The first-order valence-electron chi connectivity index (χ1n) is 47.0. The third kappa shape index (κ3) is 84.0. The van der Waals surface area contributed by atoms with Gasteiger partial charge in [-0.05, 0) is 37.5 Å². The molecule has 0 rings (SSSR count). The summed E-state index contributed by atoms with van der Waals surface area (Å²) in [6.07, 6.45) is 76.4. The van der Waals surface area contributed by atoms with Gasteiger partial charge in [0.25, 0.3) is 0 Å². The average molecular weight is 1610 g/mol. The molecular weight excluding hydrogens is 1430 g/mol. The van der Waals surface area contributed by atoms with E-state index in [2.05, 4.69) is 41.5 Å². The van der Waals surface area contributed by atoms with Crippen molar-refractivity contribution in [3.8, 4) is 0 Å². The van der Waals surface area contributed by atoms with Crippen molar-refractivity contribution in [2.24, 2.45) is 11.8 Å². The Kier molecular flexibility index (Phi) is 80.7. The molecule has 0 aliphatic carbocycles. The number of phosphoric acid groups is 2. The van der Waals surface area contributed by atoms with Gasteiger partial charge in [0.15, 0.2) is 12.2 Å². The minimum Gasteiger partial charge on any atom is -0.462 e. The van der Waals surface area contributed by atoms with Crippen LogP contribution in [0.15, 0.2) is 0 Å². The minimum atomic E-state index is -4.97. The Balaban J connectivity index is 5.25. The lowest BCUT2D eigenvalue weighted by Gasteiger charge is -2.21. The fourth-order valence-electron chi connectivity index (χ4n) is 14.3. The van der Waals surface area contributed by atoms with Crippen molar-refractivity contribution in [1.82, 2.24) is 0 Å². The van der Waals surface area contributed by atoms with Gasteiger partial charge in [-0.25, -0.2) is 9.13 Å². The van der Waals surface area contributed by atoms with E-state index in [9.17, 15) is 43.2 Å². The van der Waals surface area contributed by atoms with Crippen LogP contribution in [0.3, 0.4) is 0 Å². The highest BCUT2D eigenvalue weighted by molar-refractivity contribution is 7.47. The zero-order valence-corrected chi connectivity index (χ0v) is 74.4. The fraction of sp³-hybridized carbons (Fsp3) is 0.956. The number of aliphatic hydroxyl groups excluding tert-OH is 1. The Hall–Kier alpha value is -1.94. The molecule has 0 aromatic rings. The van der Waals surface area contributed by atoms with Crippen molar-refractivity contribution in [3.63, 3.8) is 0 Å². The second-order valence-corrected chi connectivity index (χ2v) is 36.6. The summed E-state index contributed by atoms with van der Waals surface area (Å²) in [6.45, 7) is 9.76. The molecule has 0 radical (unpaired) electrons. The lowest BCUT2D eigenvalue weighted by Crippen LogP contribution is -2.30. The molecule has 0 aromatic carbocycles. The van der Waals surface area contributed by atoms with Gasteiger partial charge in [0, 0.05) is 25.7 Å². The van der Waals surface area contributed by atoms with Gasteiger partial charge in [0.05, 0.1) is 26.4 Å². The highest BCUT2D eigenvalue weighted by Gasteiger charge is 2.31. The minimum absolute atomic E-state index is 0.108. The van der Waals surface area contributed by atoms with E-state index in [0.717, 1.165) is 102 Å². The van der Waals surface area contributed by atoms with Gasteiger partial charge < -0.3 is 33.8 Å². The summed E-state index contributed by atoms with van der Waals surface area (Å²) in [5, 5.41) is 10.7. The van der Waals surface area contributed by atoms with Crippen molar-refractivity contribution >= 4 is 39.5 Å². The summed E-state index contributed by atoms with van der Waals surface area (Å²) in [5.74, 6) is -0.487. The number of rotatable bonds is 90. The molecule has 654 valence electrons. The van der Waals surface area contributed by atoms with Gasteiger partial charge in [-0.1, -0.05) is 440 Å². The molecule has 110 heavy (non-hydrogen) atoms. The fourth-order valence-corrected chi connectivity index (χ4v) is 15.9. The van der Waals surface area contributed by atoms with E-state index in [1.54, 1.807) is 0 Å². The molecular formula is C91H178O17P2. The molecule has 17 nitrogen and oxygen atoms in total. The maximum Gasteiger partial charge on any atom is 0.472 e. The molecule has 0 aliphatic heterocycles. The molecule has 2 unspecified atom stereocenters. The summed E-state index contributed by atoms with van der Waals surface area (Å²) in [5.41, 5.74) is 0. The normalized spacial score (nSPS) is 13.7. The van der Waals surface area contributed by atoms with Gasteiger partial charge in [0.2, 0.25) is 0 Å². The van der Waals surface area contributed by atoms with Crippen LogP contribution >= 0.6 is 15.6 Å². The van der Waals surface area contributed by atoms with Gasteiger partial charge in [0.1, 0.15) is 19.3 Å². The molecule has 0 bridgehead atoms. The van der Waals surface area contributed by atoms with Crippen molar-refractivity contribution in [2.45, 2.75) is 509 Å². The maximum absolute atomic E-state index is 13.2. The van der Waals surface area contributed by atoms with Crippen LogP contribution in [0.1, 0.15) is 491 Å². The summed E-state index contributed by atoms with van der Waals surface area (Å²) < 4.78 is 69.1. The molecule has 0 fully saturated rings. The number of hydrogen-bond acceptors (Lipinski definition) is 15. The quantitative estimate of drug-likeness (QED) is 0.0222. The van der Waals surface area contributed by atoms with Crippen molar-refractivity contribution in [1.29, 1.82) is 0 Å². The predicted octanol–water partition coefficient (Wildman–Crippen LogP) is 28.2. The molecule has 0 heterocycles. The van der Waals surface area contributed by atoms with Crippen LogP contribution in [0.25, 0.3) is 0 Å². The van der Waals surface area contributed by atoms with E-state index in [4.69, 9.17) is 37.0 Å². The third-order valence-electron chi connectivity index (χ3n) is 21.5. The number of phosphoric ester groups is 2. The molecule has 5 atom stereocenters. The summed E-state index contributed by atoms with van der Waals surface area (Å²) in [6, 6.07) is 0. The molecule has 19 heteroatoms. The molecule has 0 amide bonds. The Bertz CT molecular complexity index is 2100. The Labute approximate surface area is 677 Å². The summed E-state index contributed by atoms with van der Waals surface area (Å²) >= 11 is 0. The number of unbranched alkanes of at least 4 members (excludes halogenated alkanes) is 60. The standard InChI is InChI=1S/C91H178O17P2/c1-7-9-11-13-15-17-19-21-22-23-24-25-29-32-38-44-50-56-62-68-74-89(94)102-80-87(107-90(95)75-69-63-57-51-45-39-33-30-27-26-28-31-36-41-47-53-59-65-71-83(3)4)82-106-110(99,100)104-78-85(92)77-103-109(97,98)105-81-86(79-101-88(93)73-67-61-55-49-43-35-20-18-16-14-12-10-8-2)108-91(96)76-70-64-58-52-46-40-34-37-42-48-54-60-66-72-84(5)6/h83-87,92H,7-82H2,1-6H3,(H,97,98)(H,99,100)/t85-,86+,87+/m0/s1. The SMILES string of the molecule is CCCCCCCCCCCCCCCCCCCCCCC(=O)OC[C@H](COP(=O)(O)OC[C@@H](O)COP(=O)(O)OC[C@@H](COC(=O)CCCCCCCCCCCCCCC)OC(=O)CCCCCCCCCCCCCCCC(C)C)OC(=O)CCCCCCCCCCCCCCCCCCCCC(C)C. The number of carbonyl (C=O) groups is 4. The van der Waals surface area contributed by atoms with Crippen LogP contribution in [-0.2, 0) is 65.4 Å². The lowest BCUT2D eigenvalue weighted by atomic mass is 10.0. The molecule has 3 N–H and O–H groups in total. The van der Waals surface area contributed by atoms with Crippen LogP contribution in [0.5, 0.6) is 0 Å². The molecule has 0 aliphatic rings. The molecule has 0 spiro atoms. The van der Waals surface area contributed by atoms with E-state index in [0.29, 0.717) is 25.7 Å². The van der Waals surface area contributed by atoms with Crippen molar-refractivity contribution < 1.29 is 80.2 Å². The highest BCUT2D eigenvalue weighted by atomic mass is 31.2. The lowest BCUT2D eigenvalue weighted by molar-refractivity contribution is -0.161. The number of aliphatic hydroxyl groups is 1. The zero-order chi connectivity index (χ0) is 80.6. The van der Waals surface area contributed by atoms with Crippen LogP contribution < -0.4 is 0 Å². The second kappa shape index (κ2) is 82.2. The van der Waals surface area contributed by atoms with Gasteiger partial charge in [-0.15, -0.1) is 0 Å². The Morgan fingerprint density at radius 2 is 0.418 bits per heavy atom. The number of carbonyl (C=O) groups excluding carboxylic acids is 4. The average Bonchev–Trinajstić information content (AvgIpc) is 0.897. The van der Waals surface area contributed by atoms with E-state index in [1.807, 2.05) is 0 Å². The predicted molar refractivity (Wildman–Crippen MR) is 455 cm³/mol. The number of hydrogen-bond donors (Lipinski definition) is 3. The molecule has 0 aromatic heterocycles. The highest BCUT2D eigenvalue weighted by Crippen LogP contribution is 2.45. The Morgan fingerprint density at radius 1 is 0.245 bits per heavy atom. The first-order chi connectivity index (χ1) is 53.4. The molecule has 0 saturated carbocycles. The van der Waals surface area contributed by atoms with E-state index < -0.39 is 97.5 Å². The first kappa shape index (κ1) is 108.